The van der Waals surface area contributed by atoms with E-state index in [1.165, 1.54) is 85.8 Å². The van der Waals surface area contributed by atoms with Gasteiger partial charge < -0.3 is 9.47 Å². The first kappa shape index (κ1) is 33.7. The molecule has 0 atom stereocenters. The molecule has 10 aromatic carbocycles. The molecule has 0 saturated heterocycles. The molecule has 0 aliphatic carbocycles. The summed E-state index contributed by atoms with van der Waals surface area (Å²) in [6.45, 7) is 0. The first-order valence-corrected chi connectivity index (χ1v) is 21.0. The summed E-state index contributed by atoms with van der Waals surface area (Å²) in [5.74, 6) is 0. The summed E-state index contributed by atoms with van der Waals surface area (Å²) in [4.78, 5) is 2.44. The summed E-state index contributed by atoms with van der Waals surface area (Å²) in [6.07, 6.45) is 0. The third-order valence-corrected chi connectivity index (χ3v) is 13.2. The molecule has 3 heteroatoms. The van der Waals surface area contributed by atoms with Crippen molar-refractivity contribution in [1.29, 1.82) is 0 Å². The number of fused-ring (bicyclic) bond motifs is 9. The van der Waals surface area contributed by atoms with Crippen LogP contribution in [0.5, 0.6) is 0 Å². The maximum Gasteiger partial charge on any atom is 0.0554 e. The average molecular weight is 769 g/mol. The van der Waals surface area contributed by atoms with E-state index in [4.69, 9.17) is 0 Å². The van der Waals surface area contributed by atoms with Crippen LogP contribution >= 0.6 is 11.3 Å². The van der Waals surface area contributed by atoms with Crippen LogP contribution in [0, 0.1) is 0 Å². The van der Waals surface area contributed by atoms with Crippen molar-refractivity contribution in [2.24, 2.45) is 0 Å². The van der Waals surface area contributed by atoms with Crippen LogP contribution in [0.15, 0.2) is 218 Å². The molecular formula is C56H36N2S. The summed E-state index contributed by atoms with van der Waals surface area (Å²) in [6, 6.07) is 80.0. The Hall–Kier alpha value is -7.46. The average Bonchev–Trinajstić information content (AvgIpc) is 3.85. The summed E-state index contributed by atoms with van der Waals surface area (Å²) >= 11 is 1.88. The van der Waals surface area contributed by atoms with Crippen LogP contribution in [0.4, 0.5) is 17.1 Å². The van der Waals surface area contributed by atoms with E-state index >= 15 is 0 Å². The van der Waals surface area contributed by atoms with Gasteiger partial charge in [0.25, 0.3) is 0 Å². The molecule has 0 unspecified atom stereocenters. The number of anilines is 3. The van der Waals surface area contributed by atoms with Crippen LogP contribution in [0.25, 0.3) is 91.5 Å². The van der Waals surface area contributed by atoms with Gasteiger partial charge in [0.05, 0.1) is 16.7 Å². The van der Waals surface area contributed by atoms with E-state index in [1.807, 2.05) is 11.3 Å². The summed E-state index contributed by atoms with van der Waals surface area (Å²) in [7, 11) is 0. The predicted octanol–water partition coefficient (Wildman–Crippen LogP) is 16.3. The molecule has 0 aliphatic rings. The fourth-order valence-corrected chi connectivity index (χ4v) is 10.6. The van der Waals surface area contributed by atoms with Gasteiger partial charge in [0.1, 0.15) is 0 Å². The van der Waals surface area contributed by atoms with Crippen LogP contribution in [0.3, 0.4) is 0 Å². The Morgan fingerprint density at radius 1 is 0.373 bits per heavy atom. The number of rotatable bonds is 6. The van der Waals surface area contributed by atoms with Crippen molar-refractivity contribution >= 4 is 91.9 Å². The van der Waals surface area contributed by atoms with Crippen LogP contribution in [0.2, 0.25) is 0 Å². The lowest BCUT2D eigenvalue weighted by Crippen LogP contribution is -2.11. The maximum absolute atomic E-state index is 2.44. The van der Waals surface area contributed by atoms with E-state index in [1.54, 1.807) is 0 Å². The lowest BCUT2D eigenvalue weighted by atomic mass is 9.93. The fourth-order valence-electron chi connectivity index (χ4n) is 9.33. The minimum atomic E-state index is 1.10. The Kier molecular flexibility index (Phi) is 7.75. The number of thiophene rings is 1. The molecule has 0 fully saturated rings. The summed E-state index contributed by atoms with van der Waals surface area (Å²) in [5, 5.41) is 10.2. The molecule has 0 amide bonds. The lowest BCUT2D eigenvalue weighted by molar-refractivity contribution is 1.18. The minimum absolute atomic E-state index is 1.10. The Labute approximate surface area is 346 Å². The van der Waals surface area contributed by atoms with Gasteiger partial charge in [-0.25, -0.2) is 0 Å². The molecule has 2 nitrogen and oxygen atoms in total. The zero-order chi connectivity index (χ0) is 38.9. The number of hydrogen-bond acceptors (Lipinski definition) is 2. The van der Waals surface area contributed by atoms with E-state index in [0.717, 1.165) is 22.7 Å². The third kappa shape index (κ3) is 5.40. The molecular weight excluding hydrogens is 733 g/mol. The first-order valence-electron chi connectivity index (χ1n) is 20.2. The van der Waals surface area contributed by atoms with Crippen molar-refractivity contribution in [3.8, 4) is 27.9 Å². The fraction of sp³-hybridized carbons (Fsp3) is 0. The third-order valence-electron chi connectivity index (χ3n) is 12.0. The zero-order valence-corrected chi connectivity index (χ0v) is 32.9. The van der Waals surface area contributed by atoms with Gasteiger partial charge in [0.15, 0.2) is 0 Å². The SMILES string of the molecule is c1ccc(N(c2ccc(-c3cc4ccccc4c4ccccc34)cc2)c2ccc3c(sc4ccccc43)c2-c2cccc(-n3c4ccccc4c4ccccc43)c2)cc1. The van der Waals surface area contributed by atoms with Crippen LogP contribution in [0.1, 0.15) is 0 Å². The number of para-hydroxylation sites is 3. The van der Waals surface area contributed by atoms with Gasteiger partial charge in [-0.2, -0.15) is 0 Å². The Balaban J connectivity index is 1.08. The van der Waals surface area contributed by atoms with E-state index < -0.39 is 0 Å². The highest BCUT2D eigenvalue weighted by molar-refractivity contribution is 7.26. The van der Waals surface area contributed by atoms with Crippen molar-refractivity contribution < 1.29 is 0 Å². The highest BCUT2D eigenvalue weighted by Crippen LogP contribution is 2.49. The molecule has 0 aliphatic heterocycles. The topological polar surface area (TPSA) is 8.17 Å². The quantitative estimate of drug-likeness (QED) is 0.153. The normalized spacial score (nSPS) is 11.7. The van der Waals surface area contributed by atoms with Gasteiger partial charge in [-0.05, 0) is 105 Å². The van der Waals surface area contributed by atoms with Crippen LogP contribution in [-0.2, 0) is 0 Å². The predicted molar refractivity (Wildman–Crippen MR) is 254 cm³/mol. The molecule has 2 aromatic heterocycles. The Bertz CT molecular complexity index is 3500. The van der Waals surface area contributed by atoms with Crippen molar-refractivity contribution in [1.82, 2.24) is 4.57 Å². The second-order valence-electron chi connectivity index (χ2n) is 15.3. The molecule has 0 bridgehead atoms. The van der Waals surface area contributed by atoms with Gasteiger partial charge in [-0.15, -0.1) is 11.3 Å². The molecule has 0 N–H and O–H groups in total. The highest BCUT2D eigenvalue weighted by atomic mass is 32.1. The Morgan fingerprint density at radius 2 is 0.983 bits per heavy atom. The smallest absolute Gasteiger partial charge is 0.0554 e. The van der Waals surface area contributed by atoms with Gasteiger partial charge in [0, 0.05) is 53.6 Å². The molecule has 0 radical (unpaired) electrons. The van der Waals surface area contributed by atoms with Gasteiger partial charge in [-0.1, -0.05) is 152 Å². The number of nitrogens with zero attached hydrogens (tertiary/aromatic N) is 2. The maximum atomic E-state index is 2.44. The van der Waals surface area contributed by atoms with E-state index in [9.17, 15) is 0 Å². The lowest BCUT2D eigenvalue weighted by Gasteiger charge is -2.28. The number of hydrogen-bond donors (Lipinski definition) is 0. The van der Waals surface area contributed by atoms with Crippen molar-refractivity contribution in [3.63, 3.8) is 0 Å². The first-order chi connectivity index (χ1) is 29.3. The molecule has 12 aromatic rings. The Morgan fingerprint density at radius 3 is 1.75 bits per heavy atom. The van der Waals surface area contributed by atoms with Crippen molar-refractivity contribution in [2.75, 3.05) is 4.90 Å². The van der Waals surface area contributed by atoms with E-state index in [2.05, 4.69) is 228 Å². The summed E-state index contributed by atoms with van der Waals surface area (Å²) < 4.78 is 4.99. The van der Waals surface area contributed by atoms with Gasteiger partial charge in [0.2, 0.25) is 0 Å². The van der Waals surface area contributed by atoms with Crippen molar-refractivity contribution in [3.05, 3.63) is 218 Å². The second kappa shape index (κ2) is 13.6. The minimum Gasteiger partial charge on any atom is -0.310 e. The van der Waals surface area contributed by atoms with E-state index in [-0.39, 0.29) is 0 Å². The standard InChI is InChI=1S/C56H36N2S/c1-2-17-40(18-3-1)57(41-31-29-37(30-32-41)50-36-38-15-4-5-20-43(38)44-21-6-7-22-45(44)50)53-34-33-49-48-25-10-13-28-54(48)59-56(49)55(53)39-16-14-19-42(35-39)58-51-26-11-8-23-46(51)47-24-9-12-27-52(47)58/h1-36H. The van der Waals surface area contributed by atoms with Crippen LogP contribution < -0.4 is 4.90 Å². The summed E-state index contributed by atoms with van der Waals surface area (Å²) in [5.41, 5.74) is 11.7. The van der Waals surface area contributed by atoms with Gasteiger partial charge >= 0.3 is 0 Å². The van der Waals surface area contributed by atoms with E-state index in [0.29, 0.717) is 0 Å². The van der Waals surface area contributed by atoms with Gasteiger partial charge in [-0.3, -0.25) is 0 Å². The molecule has 0 saturated carbocycles. The molecule has 12 rings (SSSR count). The largest absolute Gasteiger partial charge is 0.310 e. The highest BCUT2D eigenvalue weighted by Gasteiger charge is 2.23. The van der Waals surface area contributed by atoms with Crippen molar-refractivity contribution in [2.45, 2.75) is 0 Å². The molecule has 0 spiro atoms. The molecule has 2 heterocycles. The zero-order valence-electron chi connectivity index (χ0n) is 32.1. The number of benzene rings is 10. The number of aromatic nitrogens is 1. The monoisotopic (exact) mass is 768 g/mol. The molecule has 276 valence electrons. The van der Waals surface area contributed by atoms with Crippen LogP contribution in [-0.4, -0.2) is 4.57 Å². The second-order valence-corrected chi connectivity index (χ2v) is 16.3. The molecule has 59 heavy (non-hydrogen) atoms.